The van der Waals surface area contributed by atoms with E-state index >= 15 is 0 Å². The standard InChI is InChI=1S/C10H10N5O12P3/c11-7-6-8(13-4-12-7)15(5-14-6)9(2-1-3-23-9)24-10(28(16)17,26-29(18)19)25-27-30(20,21)22/h1-2,4-5H,3H2,(H4-2,11,12,13,16,17,18,19,20,21,22)/p+2. The van der Waals surface area contributed by atoms with Crippen LogP contribution >= 0.6 is 24.1 Å². The van der Waals surface area contributed by atoms with Gasteiger partial charge >= 0.3 is 29.8 Å². The Morgan fingerprint density at radius 1 is 1.30 bits per heavy atom. The van der Waals surface area contributed by atoms with Crippen LogP contribution in [0.3, 0.4) is 0 Å². The molecule has 6 N–H and O–H groups in total. The van der Waals surface area contributed by atoms with E-state index in [0.717, 1.165) is 23.3 Å². The number of hydrogen-bond donors (Lipinski definition) is 5. The molecule has 17 nitrogen and oxygen atoms in total. The number of hydrogen-bond acceptors (Lipinski definition) is 12. The third-order valence-electron chi connectivity index (χ3n) is 3.35. The molecule has 30 heavy (non-hydrogen) atoms. The maximum absolute atomic E-state index is 11.9. The Morgan fingerprint density at radius 3 is 2.60 bits per heavy atom. The zero-order valence-corrected chi connectivity index (χ0v) is 17.0. The fourth-order valence-corrected chi connectivity index (χ4v) is 3.61. The molecule has 3 rings (SSSR count). The van der Waals surface area contributed by atoms with Gasteiger partial charge in [0.1, 0.15) is 18.2 Å². The summed E-state index contributed by atoms with van der Waals surface area (Å²) in [6, 6.07) is 0. The molecule has 0 spiro atoms. The summed E-state index contributed by atoms with van der Waals surface area (Å²) in [4.78, 5) is 52.2. The molecule has 4 unspecified atom stereocenters. The maximum Gasteiger partial charge on any atom is 0.704 e. The number of nitrogens with zero attached hydrogens (tertiary/aromatic N) is 4. The molecule has 0 aromatic carbocycles. The minimum Gasteiger partial charge on any atom is -0.382 e. The topological polar surface area (TPSA) is 248 Å². The number of fused-ring (bicyclic) bond motifs is 1. The van der Waals surface area contributed by atoms with Gasteiger partial charge in [-0.3, -0.25) is 4.57 Å². The number of aromatic nitrogens is 4. The van der Waals surface area contributed by atoms with E-state index in [9.17, 15) is 18.6 Å². The monoisotopic (exact) mass is 487 g/mol. The molecular weight excluding hydrogens is 475 g/mol. The Labute approximate surface area is 167 Å². The van der Waals surface area contributed by atoms with Crippen molar-refractivity contribution in [1.82, 2.24) is 19.5 Å². The van der Waals surface area contributed by atoms with Crippen molar-refractivity contribution in [2.24, 2.45) is 0 Å². The van der Waals surface area contributed by atoms with E-state index in [1.165, 1.54) is 6.08 Å². The first-order valence-electron chi connectivity index (χ1n) is 7.38. The van der Waals surface area contributed by atoms with Gasteiger partial charge in [0, 0.05) is 9.09 Å². The van der Waals surface area contributed by atoms with Gasteiger partial charge in [-0.1, -0.05) is 6.08 Å². The van der Waals surface area contributed by atoms with Crippen LogP contribution in [-0.2, 0) is 43.2 Å². The van der Waals surface area contributed by atoms with Gasteiger partial charge in [0.25, 0.3) is 5.91 Å². The quantitative estimate of drug-likeness (QED) is 0.0999. The Bertz CT molecular complexity index is 1070. The molecular formula is C10H12N5O12P3+2. The van der Waals surface area contributed by atoms with Gasteiger partial charge in [0.2, 0.25) is 0 Å². The number of ether oxygens (including phenoxy) is 2. The number of rotatable bonds is 9. The molecule has 0 fully saturated rings. The van der Waals surface area contributed by atoms with Crippen LogP contribution in [0, 0.1) is 0 Å². The summed E-state index contributed by atoms with van der Waals surface area (Å²) >= 11 is 0. The summed E-state index contributed by atoms with van der Waals surface area (Å²) in [5.74, 6) is -2.31. The molecule has 0 aliphatic carbocycles. The lowest BCUT2D eigenvalue weighted by atomic mass is 10.4. The van der Waals surface area contributed by atoms with Gasteiger partial charge in [0.05, 0.1) is 6.61 Å². The van der Waals surface area contributed by atoms with Crippen LogP contribution in [0.5, 0.6) is 0 Å². The fraction of sp³-hybridized carbons (Fsp3) is 0.300. The van der Waals surface area contributed by atoms with Crippen molar-refractivity contribution in [2.75, 3.05) is 12.3 Å². The molecule has 162 valence electrons. The van der Waals surface area contributed by atoms with E-state index in [1.54, 1.807) is 0 Å². The molecule has 0 saturated heterocycles. The molecule has 1 aliphatic rings. The largest absolute Gasteiger partial charge is 0.704 e. The fourth-order valence-electron chi connectivity index (χ4n) is 2.29. The lowest BCUT2D eigenvalue weighted by molar-refractivity contribution is -0.466. The van der Waals surface area contributed by atoms with Crippen LogP contribution in [0.4, 0.5) is 5.82 Å². The first kappa shape index (κ1) is 22.8. The predicted molar refractivity (Wildman–Crippen MR) is 91.6 cm³/mol. The molecule has 0 amide bonds. The summed E-state index contributed by atoms with van der Waals surface area (Å²) in [7, 11) is -13.1. The van der Waals surface area contributed by atoms with E-state index in [0.29, 0.717) is 0 Å². The molecule has 20 heteroatoms. The van der Waals surface area contributed by atoms with Crippen molar-refractivity contribution in [1.29, 1.82) is 0 Å². The summed E-state index contributed by atoms with van der Waals surface area (Å²) in [5.41, 5.74) is 2.21. The van der Waals surface area contributed by atoms with Gasteiger partial charge < -0.3 is 20.3 Å². The molecule has 2 aromatic heterocycles. The van der Waals surface area contributed by atoms with Crippen LogP contribution < -0.4 is 5.73 Å². The second-order valence-electron chi connectivity index (χ2n) is 5.27. The van der Waals surface area contributed by atoms with Crippen LogP contribution in [-0.4, -0.2) is 51.4 Å². The van der Waals surface area contributed by atoms with Gasteiger partial charge in [0.15, 0.2) is 11.5 Å². The average Bonchev–Trinajstić information content (AvgIpc) is 3.27. The van der Waals surface area contributed by atoms with Crippen LogP contribution in [0.15, 0.2) is 24.8 Å². The lowest BCUT2D eigenvalue weighted by Crippen LogP contribution is -2.46. The highest BCUT2D eigenvalue weighted by atomic mass is 31.2. The summed E-state index contributed by atoms with van der Waals surface area (Å²) < 4.78 is 53.9. The second-order valence-corrected chi connectivity index (χ2v) is 8.15. The number of imidazole rings is 1. The van der Waals surface area contributed by atoms with Crippen molar-refractivity contribution in [3.8, 4) is 0 Å². The third kappa shape index (κ3) is 4.58. The molecule has 2 aromatic rings. The summed E-state index contributed by atoms with van der Waals surface area (Å²) in [6.45, 7) is -0.150. The first-order chi connectivity index (χ1) is 14.0. The smallest absolute Gasteiger partial charge is 0.382 e. The third-order valence-corrected chi connectivity index (χ3v) is 4.89. The van der Waals surface area contributed by atoms with E-state index in [4.69, 9.17) is 29.9 Å². The van der Waals surface area contributed by atoms with Gasteiger partial charge in [-0.2, -0.15) is 4.89 Å². The summed E-state index contributed by atoms with van der Waals surface area (Å²) in [6.07, 6.45) is 4.66. The van der Waals surface area contributed by atoms with Gasteiger partial charge in [-0.05, 0) is 10.6 Å². The highest BCUT2D eigenvalue weighted by molar-refractivity contribution is 7.46. The van der Waals surface area contributed by atoms with Crippen molar-refractivity contribution in [3.05, 3.63) is 24.8 Å². The van der Waals surface area contributed by atoms with Crippen molar-refractivity contribution in [3.63, 3.8) is 0 Å². The minimum absolute atomic E-state index is 0.0135. The molecule has 3 heterocycles. The molecule has 0 bridgehead atoms. The van der Waals surface area contributed by atoms with Crippen LogP contribution in [0.1, 0.15) is 0 Å². The van der Waals surface area contributed by atoms with Gasteiger partial charge in [-0.15, -0.1) is 14.5 Å². The van der Waals surface area contributed by atoms with Crippen molar-refractivity contribution >= 4 is 41.1 Å². The maximum atomic E-state index is 11.9. The van der Waals surface area contributed by atoms with E-state index in [1.807, 2.05) is 0 Å². The average molecular weight is 487 g/mol. The highest BCUT2D eigenvalue weighted by Crippen LogP contribution is 2.52. The van der Waals surface area contributed by atoms with E-state index in [2.05, 4.69) is 29.0 Å². The molecule has 0 radical (unpaired) electrons. The van der Waals surface area contributed by atoms with Crippen molar-refractivity contribution in [2.45, 2.75) is 11.6 Å². The van der Waals surface area contributed by atoms with Crippen LogP contribution in [0.25, 0.3) is 11.2 Å². The zero-order chi connectivity index (χ0) is 22.2. The van der Waals surface area contributed by atoms with E-state index in [-0.39, 0.29) is 23.6 Å². The van der Waals surface area contributed by atoms with Crippen LogP contribution in [0.2, 0.25) is 0 Å². The molecule has 0 saturated carbocycles. The second kappa shape index (κ2) is 8.36. The zero-order valence-electron chi connectivity index (χ0n) is 14.3. The Balaban J connectivity index is 2.12. The highest BCUT2D eigenvalue weighted by Gasteiger charge is 2.70. The summed E-state index contributed by atoms with van der Waals surface area (Å²) in [5, 5.41) is 0. The number of nitrogens with two attached hydrogens (primary N) is 1. The molecule has 1 aliphatic heterocycles. The normalized spacial score (nSPS) is 22.3. The SMILES string of the molecule is Nc1ncnc2c1ncn2C1(OC(OOP(=O)(O)O)(O[P+](=O)O)[P+](=O)O)C=CCO1. The van der Waals surface area contributed by atoms with Gasteiger partial charge in [-0.25, -0.2) is 24.3 Å². The minimum atomic E-state index is -5.43. The Morgan fingerprint density at radius 2 is 2.03 bits per heavy atom. The van der Waals surface area contributed by atoms with E-state index < -0.39 is 35.7 Å². The Hall–Kier alpha value is -1.84. The predicted octanol–water partition coefficient (Wildman–Crippen LogP) is -0.325. The number of anilines is 1. The molecule has 4 atom stereocenters. The Kier molecular flexibility index (Phi) is 6.36. The number of phosphoric acid groups is 1. The lowest BCUT2D eigenvalue weighted by Gasteiger charge is -2.30. The first-order valence-corrected chi connectivity index (χ1v) is 11.3. The number of nitrogen functional groups attached to an aromatic ring is 1. The van der Waals surface area contributed by atoms with Crippen molar-refractivity contribution < 1.29 is 56.8 Å².